The van der Waals surface area contributed by atoms with E-state index >= 15 is 0 Å². The molecule has 0 saturated carbocycles. The minimum Gasteiger partial charge on any atom is -0.485 e. The predicted molar refractivity (Wildman–Crippen MR) is 140 cm³/mol. The SMILES string of the molecule is Cc1ccccc1OCc1nn(CN2CCCc3ccccc32)c(=S)n1-c1ccc(Cl)cc1Cl. The average Bonchev–Trinajstić information content (AvgIpc) is 3.13. The van der Waals surface area contributed by atoms with Crippen LogP contribution in [0.25, 0.3) is 5.69 Å². The molecule has 4 aromatic rings. The molecule has 0 radical (unpaired) electrons. The maximum absolute atomic E-state index is 6.58. The van der Waals surface area contributed by atoms with Gasteiger partial charge in [-0.25, -0.2) is 4.68 Å². The van der Waals surface area contributed by atoms with Gasteiger partial charge in [-0.2, -0.15) is 5.10 Å². The Morgan fingerprint density at radius 3 is 2.62 bits per heavy atom. The number of hydrogen-bond acceptors (Lipinski definition) is 4. The molecule has 1 aliphatic heterocycles. The van der Waals surface area contributed by atoms with Gasteiger partial charge in [-0.05, 0) is 73.4 Å². The smallest absolute Gasteiger partial charge is 0.204 e. The number of ether oxygens (including phenoxy) is 1. The average molecular weight is 511 g/mol. The number of benzene rings is 3. The van der Waals surface area contributed by atoms with Crippen molar-refractivity contribution in [3.05, 3.63) is 98.5 Å². The zero-order chi connectivity index (χ0) is 23.7. The van der Waals surface area contributed by atoms with E-state index in [1.165, 1.54) is 11.3 Å². The number of halogens is 2. The van der Waals surface area contributed by atoms with E-state index in [4.69, 9.17) is 45.3 Å². The van der Waals surface area contributed by atoms with Crippen LogP contribution in [0.15, 0.2) is 66.7 Å². The molecular weight excluding hydrogens is 487 g/mol. The molecule has 0 fully saturated rings. The number of anilines is 1. The highest BCUT2D eigenvalue weighted by atomic mass is 35.5. The van der Waals surface area contributed by atoms with E-state index in [1.807, 2.05) is 46.5 Å². The summed E-state index contributed by atoms with van der Waals surface area (Å²) in [5.41, 5.74) is 4.36. The van der Waals surface area contributed by atoms with Crippen molar-refractivity contribution in [1.82, 2.24) is 14.3 Å². The topological polar surface area (TPSA) is 35.2 Å². The van der Waals surface area contributed by atoms with Gasteiger partial charge in [0.15, 0.2) is 5.82 Å². The Balaban J connectivity index is 1.53. The lowest BCUT2D eigenvalue weighted by Gasteiger charge is -2.30. The van der Waals surface area contributed by atoms with Crippen molar-refractivity contribution in [1.29, 1.82) is 0 Å². The summed E-state index contributed by atoms with van der Waals surface area (Å²) in [6, 6.07) is 21.8. The van der Waals surface area contributed by atoms with Gasteiger partial charge in [-0.3, -0.25) is 4.57 Å². The van der Waals surface area contributed by atoms with Crippen LogP contribution in [0.1, 0.15) is 23.4 Å². The van der Waals surface area contributed by atoms with E-state index in [-0.39, 0.29) is 6.61 Å². The van der Waals surface area contributed by atoms with Crippen LogP contribution in [0, 0.1) is 11.7 Å². The van der Waals surface area contributed by atoms with Crippen molar-refractivity contribution >= 4 is 41.1 Å². The molecule has 5 nitrogen and oxygen atoms in total. The van der Waals surface area contributed by atoms with Crippen LogP contribution in [0.2, 0.25) is 10.0 Å². The monoisotopic (exact) mass is 510 g/mol. The first-order valence-electron chi connectivity index (χ1n) is 11.2. The van der Waals surface area contributed by atoms with Gasteiger partial charge in [0.2, 0.25) is 4.77 Å². The van der Waals surface area contributed by atoms with Gasteiger partial charge < -0.3 is 9.64 Å². The molecule has 0 spiro atoms. The van der Waals surface area contributed by atoms with Gasteiger partial charge in [-0.15, -0.1) is 0 Å². The third-order valence-electron chi connectivity index (χ3n) is 6.02. The minimum absolute atomic E-state index is 0.247. The van der Waals surface area contributed by atoms with Gasteiger partial charge in [0.1, 0.15) is 19.0 Å². The van der Waals surface area contributed by atoms with Crippen LogP contribution in [-0.2, 0) is 19.7 Å². The van der Waals surface area contributed by atoms with Crippen LogP contribution in [0.5, 0.6) is 5.75 Å². The van der Waals surface area contributed by atoms with E-state index in [1.54, 1.807) is 12.1 Å². The Labute approximate surface area is 214 Å². The van der Waals surface area contributed by atoms with Crippen LogP contribution < -0.4 is 9.64 Å². The first kappa shape index (κ1) is 23.0. The molecule has 2 heterocycles. The summed E-state index contributed by atoms with van der Waals surface area (Å²) in [6.07, 6.45) is 2.18. The molecule has 5 rings (SSSR count). The molecule has 0 atom stereocenters. The number of nitrogens with zero attached hydrogens (tertiary/aromatic N) is 4. The summed E-state index contributed by atoms with van der Waals surface area (Å²) in [5, 5.41) is 5.95. The molecule has 0 amide bonds. The lowest BCUT2D eigenvalue weighted by atomic mass is 10.0. The molecule has 3 aromatic carbocycles. The number of para-hydroxylation sites is 2. The third-order valence-corrected chi connectivity index (χ3v) is 6.95. The molecule has 1 aliphatic rings. The fourth-order valence-electron chi connectivity index (χ4n) is 4.32. The van der Waals surface area contributed by atoms with E-state index in [0.717, 1.165) is 36.4 Å². The Kier molecular flexibility index (Phi) is 6.63. The van der Waals surface area contributed by atoms with Crippen LogP contribution in [-0.4, -0.2) is 20.9 Å². The standard InChI is InChI=1S/C26H24Cl2N4OS/c1-18-7-2-5-11-24(18)33-16-25-29-31(17-30-14-6-9-19-8-3-4-10-22(19)30)26(34)32(25)23-13-12-20(27)15-21(23)28/h2-5,7-8,10-13,15H,6,9,14,16-17H2,1H3. The number of fused-ring (bicyclic) bond motifs is 1. The maximum Gasteiger partial charge on any atom is 0.204 e. The Bertz CT molecular complexity index is 1400. The Morgan fingerprint density at radius 1 is 1.00 bits per heavy atom. The first-order valence-corrected chi connectivity index (χ1v) is 12.3. The summed E-state index contributed by atoms with van der Waals surface area (Å²) in [4.78, 5) is 2.32. The lowest BCUT2D eigenvalue weighted by Crippen LogP contribution is -2.32. The molecule has 8 heteroatoms. The summed E-state index contributed by atoms with van der Waals surface area (Å²) >= 11 is 18.6. The number of aromatic nitrogens is 3. The summed E-state index contributed by atoms with van der Waals surface area (Å²) in [6.45, 7) is 3.76. The molecule has 0 saturated heterocycles. The summed E-state index contributed by atoms with van der Waals surface area (Å²) in [7, 11) is 0. The van der Waals surface area contributed by atoms with Gasteiger partial charge in [0.25, 0.3) is 0 Å². The van der Waals surface area contributed by atoms with Crippen molar-refractivity contribution in [3.8, 4) is 11.4 Å². The van der Waals surface area contributed by atoms with E-state index in [0.29, 0.717) is 27.3 Å². The first-order chi connectivity index (χ1) is 16.5. The summed E-state index contributed by atoms with van der Waals surface area (Å²) < 4.78 is 10.4. The van der Waals surface area contributed by atoms with E-state index in [2.05, 4.69) is 29.2 Å². The molecule has 0 bridgehead atoms. The Hall–Kier alpha value is -2.80. The van der Waals surface area contributed by atoms with Crippen LogP contribution >= 0.6 is 35.4 Å². The lowest BCUT2D eigenvalue weighted by molar-refractivity contribution is 0.290. The molecule has 1 aromatic heterocycles. The fourth-order valence-corrected chi connectivity index (χ4v) is 5.12. The zero-order valence-electron chi connectivity index (χ0n) is 18.7. The van der Waals surface area contributed by atoms with E-state index in [9.17, 15) is 0 Å². The highest BCUT2D eigenvalue weighted by Gasteiger charge is 2.21. The summed E-state index contributed by atoms with van der Waals surface area (Å²) in [5.74, 6) is 1.48. The normalized spacial score (nSPS) is 13.1. The van der Waals surface area contributed by atoms with Gasteiger partial charge in [0, 0.05) is 17.3 Å². The minimum atomic E-state index is 0.247. The van der Waals surface area contributed by atoms with Gasteiger partial charge in [0.05, 0.1) is 10.7 Å². The van der Waals surface area contributed by atoms with Crippen molar-refractivity contribution in [2.45, 2.75) is 33.0 Å². The van der Waals surface area contributed by atoms with Gasteiger partial charge in [-0.1, -0.05) is 59.6 Å². The van der Waals surface area contributed by atoms with Crippen molar-refractivity contribution < 1.29 is 4.74 Å². The molecule has 34 heavy (non-hydrogen) atoms. The number of aryl methyl sites for hydroxylation is 2. The van der Waals surface area contributed by atoms with Crippen LogP contribution in [0.4, 0.5) is 5.69 Å². The molecule has 0 N–H and O–H groups in total. The zero-order valence-corrected chi connectivity index (χ0v) is 21.1. The second kappa shape index (κ2) is 9.82. The largest absolute Gasteiger partial charge is 0.485 e. The number of hydrogen-bond donors (Lipinski definition) is 0. The van der Waals surface area contributed by atoms with Crippen molar-refractivity contribution in [2.24, 2.45) is 0 Å². The number of rotatable bonds is 6. The maximum atomic E-state index is 6.58. The van der Waals surface area contributed by atoms with Crippen molar-refractivity contribution in [2.75, 3.05) is 11.4 Å². The Morgan fingerprint density at radius 2 is 1.79 bits per heavy atom. The highest BCUT2D eigenvalue weighted by molar-refractivity contribution is 7.71. The molecule has 174 valence electrons. The van der Waals surface area contributed by atoms with E-state index < -0.39 is 0 Å². The van der Waals surface area contributed by atoms with Crippen LogP contribution in [0.3, 0.4) is 0 Å². The molecule has 0 aliphatic carbocycles. The second-order valence-electron chi connectivity index (χ2n) is 8.32. The fraction of sp³-hybridized carbons (Fsp3) is 0.231. The predicted octanol–water partition coefficient (Wildman–Crippen LogP) is 7.01. The van der Waals surface area contributed by atoms with Crippen molar-refractivity contribution in [3.63, 3.8) is 0 Å². The second-order valence-corrected chi connectivity index (χ2v) is 9.53. The third kappa shape index (κ3) is 4.58. The molecule has 0 unspecified atom stereocenters. The highest BCUT2D eigenvalue weighted by Crippen LogP contribution is 2.29. The van der Waals surface area contributed by atoms with Gasteiger partial charge >= 0.3 is 0 Å². The quantitative estimate of drug-likeness (QED) is 0.261. The molecular formula is C26H24Cl2N4OS.